The first-order valence-electron chi connectivity index (χ1n) is 22.2. The first-order valence-corrected chi connectivity index (χ1v) is 22.2. The summed E-state index contributed by atoms with van der Waals surface area (Å²) < 4.78 is 6.72. The largest absolute Gasteiger partial charge is 0.455 e. The molecule has 1 atom stereocenters. The molecule has 1 N–H and O–H groups in total. The molecule has 304 valence electrons. The van der Waals surface area contributed by atoms with Gasteiger partial charge in [0.25, 0.3) is 0 Å². The molecule has 1 spiro atoms. The quantitative estimate of drug-likeness (QED) is 0.155. The van der Waals surface area contributed by atoms with Crippen LogP contribution in [0.4, 0.5) is 22.7 Å². The Labute approximate surface area is 373 Å². The lowest BCUT2D eigenvalue weighted by atomic mass is 9.64. The number of hydrogen-bond acceptors (Lipinski definition) is 3. The van der Waals surface area contributed by atoms with Gasteiger partial charge in [-0.2, -0.15) is 0 Å². The number of nitrogens with one attached hydrogen (secondary N) is 1. The average Bonchev–Trinajstić information content (AvgIpc) is 3.89. The summed E-state index contributed by atoms with van der Waals surface area (Å²) in [6.07, 6.45) is 6.43. The Balaban J connectivity index is 1.01. The molecule has 1 unspecified atom stereocenters. The first-order chi connectivity index (χ1) is 31.7. The Morgan fingerprint density at radius 2 is 1.14 bits per heavy atom. The lowest BCUT2D eigenvalue weighted by Gasteiger charge is -2.45. The molecule has 0 saturated carbocycles. The monoisotopic (exact) mass is 820 g/mol. The molecule has 1 aromatic heterocycles. The van der Waals surface area contributed by atoms with Crippen LogP contribution in [-0.2, 0) is 5.41 Å². The summed E-state index contributed by atoms with van der Waals surface area (Å²) in [6.45, 7) is 2.34. The van der Waals surface area contributed by atoms with E-state index in [1.807, 2.05) is 12.3 Å². The van der Waals surface area contributed by atoms with E-state index in [9.17, 15) is 0 Å². The molecule has 10 aromatic rings. The molecule has 1 aliphatic carbocycles. The van der Waals surface area contributed by atoms with Crippen LogP contribution in [0, 0.1) is 0 Å². The van der Waals surface area contributed by atoms with Crippen molar-refractivity contribution >= 4 is 50.3 Å². The van der Waals surface area contributed by atoms with Gasteiger partial charge in [0.2, 0.25) is 0 Å². The van der Waals surface area contributed by atoms with Gasteiger partial charge in [-0.05, 0) is 104 Å². The molecule has 2 heterocycles. The van der Waals surface area contributed by atoms with E-state index in [2.05, 4.69) is 242 Å². The third kappa shape index (κ3) is 5.89. The summed E-state index contributed by atoms with van der Waals surface area (Å²) >= 11 is 0. The molecular weight excluding hydrogens is 777 g/mol. The van der Waals surface area contributed by atoms with Crippen LogP contribution in [0.15, 0.2) is 241 Å². The van der Waals surface area contributed by atoms with Crippen molar-refractivity contribution < 1.29 is 4.42 Å². The number of para-hydroxylation sites is 5. The fourth-order valence-electron chi connectivity index (χ4n) is 10.6. The van der Waals surface area contributed by atoms with E-state index in [0.717, 1.165) is 38.9 Å². The predicted molar refractivity (Wildman–Crippen MR) is 267 cm³/mol. The second-order valence-electron chi connectivity index (χ2n) is 16.9. The van der Waals surface area contributed by atoms with Crippen LogP contribution in [0.25, 0.3) is 49.8 Å². The third-order valence-electron chi connectivity index (χ3n) is 13.5. The lowest BCUT2D eigenvalue weighted by Crippen LogP contribution is -2.36. The number of rotatable bonds is 8. The molecule has 64 heavy (non-hydrogen) atoms. The highest BCUT2D eigenvalue weighted by atomic mass is 16.3. The number of nitrogens with zero attached hydrogens (tertiary/aromatic N) is 1. The minimum atomic E-state index is -0.539. The molecule has 9 aromatic carbocycles. The van der Waals surface area contributed by atoms with Crippen LogP contribution in [0.2, 0.25) is 0 Å². The number of benzene rings is 9. The first kappa shape index (κ1) is 37.6. The van der Waals surface area contributed by atoms with E-state index in [4.69, 9.17) is 4.42 Å². The van der Waals surface area contributed by atoms with Crippen molar-refractivity contribution in [1.29, 1.82) is 0 Å². The van der Waals surface area contributed by atoms with Crippen molar-refractivity contribution in [2.24, 2.45) is 0 Å². The van der Waals surface area contributed by atoms with E-state index in [1.54, 1.807) is 0 Å². The highest BCUT2D eigenvalue weighted by molar-refractivity contribution is 6.08. The zero-order chi connectivity index (χ0) is 42.6. The molecular formula is C61H44N2O. The van der Waals surface area contributed by atoms with Gasteiger partial charge in [0.15, 0.2) is 0 Å². The van der Waals surface area contributed by atoms with Crippen molar-refractivity contribution in [1.82, 2.24) is 0 Å². The molecule has 0 bridgehead atoms. The maximum absolute atomic E-state index is 6.72. The molecule has 1 aliphatic heterocycles. The van der Waals surface area contributed by atoms with Crippen LogP contribution in [0.5, 0.6) is 0 Å². The van der Waals surface area contributed by atoms with Gasteiger partial charge in [-0.25, -0.2) is 0 Å². The van der Waals surface area contributed by atoms with Gasteiger partial charge in [-0.1, -0.05) is 189 Å². The summed E-state index contributed by atoms with van der Waals surface area (Å²) in [7, 11) is 0. The van der Waals surface area contributed by atoms with Gasteiger partial charge in [-0.3, -0.25) is 0 Å². The van der Waals surface area contributed by atoms with E-state index < -0.39 is 5.41 Å². The fourth-order valence-corrected chi connectivity index (χ4v) is 10.6. The van der Waals surface area contributed by atoms with Crippen LogP contribution < -0.4 is 10.2 Å². The third-order valence-corrected chi connectivity index (χ3v) is 13.5. The number of hydrogen-bond donors (Lipinski definition) is 1. The highest BCUT2D eigenvalue weighted by Crippen LogP contribution is 2.63. The summed E-state index contributed by atoms with van der Waals surface area (Å²) in [4.78, 5) is 2.44. The van der Waals surface area contributed by atoms with Crippen molar-refractivity contribution in [2.45, 2.75) is 18.3 Å². The topological polar surface area (TPSA) is 28.4 Å². The van der Waals surface area contributed by atoms with Crippen LogP contribution in [-0.4, -0.2) is 0 Å². The van der Waals surface area contributed by atoms with Gasteiger partial charge >= 0.3 is 0 Å². The summed E-state index contributed by atoms with van der Waals surface area (Å²) in [6, 6.07) is 79.1. The Morgan fingerprint density at radius 3 is 1.91 bits per heavy atom. The van der Waals surface area contributed by atoms with E-state index >= 15 is 0 Å². The molecule has 0 radical (unpaired) electrons. The van der Waals surface area contributed by atoms with Crippen molar-refractivity contribution in [3.63, 3.8) is 0 Å². The minimum Gasteiger partial charge on any atom is -0.455 e. The summed E-state index contributed by atoms with van der Waals surface area (Å²) in [5.41, 5.74) is 19.5. The van der Waals surface area contributed by atoms with Gasteiger partial charge in [0.05, 0.1) is 16.8 Å². The number of furan rings is 1. The number of fused-ring (bicyclic) bond motifs is 12. The van der Waals surface area contributed by atoms with Crippen LogP contribution >= 0.6 is 0 Å². The summed E-state index contributed by atoms with van der Waals surface area (Å²) in [5, 5.41) is 5.78. The standard InChI is InChI=1S/C61H44N2O/c1-41(47(51-24-16-25-52-50-23-9-15-32-59(50)64-60(51)52)26-17-39-62-45-36-33-43(34-37-45)42-18-4-2-5-19-42)44-35-38-49-48-22-8-10-27-53(48)61(56(49)40-44)54-28-11-13-30-57(54)63(46-20-6-3-7-21-46)58-31-14-12-29-55(58)61/h2-41,62H,1H3/b39-17+,47-26+. The zero-order valence-electron chi connectivity index (χ0n) is 35.4. The van der Waals surface area contributed by atoms with Crippen molar-refractivity contribution in [3.8, 4) is 22.3 Å². The number of allylic oxidation sites excluding steroid dienone is 3. The normalized spacial score (nSPS) is 14.1. The van der Waals surface area contributed by atoms with Gasteiger partial charge in [0.1, 0.15) is 11.2 Å². The fraction of sp³-hybridized carbons (Fsp3) is 0.0492. The second kappa shape index (κ2) is 15.3. The number of anilines is 4. The van der Waals surface area contributed by atoms with E-state index in [-0.39, 0.29) is 5.92 Å². The van der Waals surface area contributed by atoms with Gasteiger partial charge in [-0.15, -0.1) is 0 Å². The Hall–Kier alpha value is -8.14. The van der Waals surface area contributed by atoms with Gasteiger partial charge in [0, 0.05) is 39.8 Å². The maximum Gasteiger partial charge on any atom is 0.142 e. The maximum atomic E-state index is 6.72. The van der Waals surface area contributed by atoms with Crippen LogP contribution in [0.3, 0.4) is 0 Å². The molecule has 3 nitrogen and oxygen atoms in total. The lowest BCUT2D eigenvalue weighted by molar-refractivity contribution is 0.667. The molecule has 0 amide bonds. The Kier molecular flexibility index (Phi) is 9.01. The van der Waals surface area contributed by atoms with E-state index in [0.29, 0.717) is 0 Å². The average molecular weight is 821 g/mol. The minimum absolute atomic E-state index is 0.00502. The van der Waals surface area contributed by atoms with Crippen LogP contribution in [0.1, 0.15) is 46.2 Å². The molecule has 12 rings (SSSR count). The Morgan fingerprint density at radius 1 is 0.531 bits per heavy atom. The van der Waals surface area contributed by atoms with Gasteiger partial charge < -0.3 is 14.6 Å². The zero-order valence-corrected chi connectivity index (χ0v) is 35.4. The molecule has 3 heteroatoms. The van der Waals surface area contributed by atoms with E-state index in [1.165, 1.54) is 67.0 Å². The molecule has 0 saturated heterocycles. The SMILES string of the molecule is CC(/C(=C\C=C\Nc1ccc(-c2ccccc2)cc1)c1cccc2c1oc1ccccc12)c1ccc2c(c1)C1(c3ccccc3-2)c2ccccc2N(c2ccccc2)c2ccccc21. The smallest absolute Gasteiger partial charge is 0.142 e. The second-order valence-corrected chi connectivity index (χ2v) is 16.9. The predicted octanol–water partition coefficient (Wildman–Crippen LogP) is 16.2. The molecule has 0 fully saturated rings. The summed E-state index contributed by atoms with van der Waals surface area (Å²) in [5.74, 6) is -0.00502. The van der Waals surface area contributed by atoms with Crippen molar-refractivity contribution in [2.75, 3.05) is 10.2 Å². The highest BCUT2D eigenvalue weighted by Gasteiger charge is 2.51. The molecule has 2 aliphatic rings. The van der Waals surface area contributed by atoms with Crippen molar-refractivity contribution in [3.05, 3.63) is 270 Å². The Bertz CT molecular complexity index is 3380.